The van der Waals surface area contributed by atoms with Crippen LogP contribution < -0.4 is 10.5 Å². The first-order chi connectivity index (χ1) is 11.0. The van der Waals surface area contributed by atoms with Crippen molar-refractivity contribution in [1.29, 1.82) is 0 Å². The molecule has 0 aromatic heterocycles. The Bertz CT molecular complexity index is 731. The van der Waals surface area contributed by atoms with Crippen LogP contribution in [0, 0.1) is 0 Å². The van der Waals surface area contributed by atoms with Crippen LogP contribution in [0.3, 0.4) is 0 Å². The molecule has 1 fully saturated rings. The molecule has 122 valence electrons. The molecule has 1 amide bonds. The largest absolute Gasteiger partial charge is 0.496 e. The van der Waals surface area contributed by atoms with Crippen LogP contribution in [0.15, 0.2) is 36.4 Å². The third kappa shape index (κ3) is 3.02. The molecule has 0 saturated carbocycles. The minimum absolute atomic E-state index is 0.424. The quantitative estimate of drug-likeness (QED) is 0.936. The van der Waals surface area contributed by atoms with Crippen molar-refractivity contribution in [3.05, 3.63) is 42.0 Å². The average Bonchev–Trinajstić information content (AvgIpc) is 2.55. The monoisotopic (exact) mass is 314 g/mol. The van der Waals surface area contributed by atoms with E-state index in [9.17, 15) is 4.79 Å². The minimum atomic E-state index is -0.934. The summed E-state index contributed by atoms with van der Waals surface area (Å²) in [6, 6.07) is 12.3. The molecule has 5 nitrogen and oxygen atoms in total. The number of rotatable bonds is 4. The molecule has 0 aliphatic carbocycles. The van der Waals surface area contributed by atoms with Gasteiger partial charge in [0.15, 0.2) is 5.60 Å². The van der Waals surface area contributed by atoms with Gasteiger partial charge in [-0.05, 0) is 23.8 Å². The molecule has 0 radical (unpaired) electrons. The van der Waals surface area contributed by atoms with Crippen LogP contribution in [0.2, 0.25) is 0 Å². The summed E-state index contributed by atoms with van der Waals surface area (Å²) < 4.78 is 11.1. The van der Waals surface area contributed by atoms with E-state index in [2.05, 4.69) is 23.1 Å². The zero-order chi connectivity index (χ0) is 16.4. The molecule has 1 heterocycles. The van der Waals surface area contributed by atoms with E-state index in [0.717, 1.165) is 17.9 Å². The molecule has 2 aromatic rings. The molecule has 2 aromatic carbocycles. The Morgan fingerprint density at radius 3 is 2.87 bits per heavy atom. The second-order valence-electron chi connectivity index (χ2n) is 6.12. The lowest BCUT2D eigenvalue weighted by atomic mass is 10.00. The van der Waals surface area contributed by atoms with E-state index in [0.29, 0.717) is 19.7 Å². The van der Waals surface area contributed by atoms with Crippen molar-refractivity contribution in [3.63, 3.8) is 0 Å². The number of ether oxygens (including phenoxy) is 2. The Labute approximate surface area is 136 Å². The van der Waals surface area contributed by atoms with Crippen LogP contribution in [0.5, 0.6) is 5.75 Å². The molecule has 1 unspecified atom stereocenters. The number of methoxy groups -OCH3 is 1. The smallest absolute Gasteiger partial charge is 0.250 e. The number of carbonyl (C=O) groups is 1. The molecule has 1 saturated heterocycles. The molecule has 23 heavy (non-hydrogen) atoms. The zero-order valence-electron chi connectivity index (χ0n) is 13.5. The molecular weight excluding hydrogens is 292 g/mol. The summed E-state index contributed by atoms with van der Waals surface area (Å²) in [6.07, 6.45) is 0. The lowest BCUT2D eigenvalue weighted by molar-refractivity contribution is -0.153. The number of morpholine rings is 1. The highest BCUT2D eigenvalue weighted by Crippen LogP contribution is 2.30. The Balaban J connectivity index is 1.93. The lowest BCUT2D eigenvalue weighted by Gasteiger charge is -2.38. The van der Waals surface area contributed by atoms with Gasteiger partial charge in [0.05, 0.1) is 13.7 Å². The van der Waals surface area contributed by atoms with Crippen LogP contribution in [0.25, 0.3) is 10.8 Å². The number of nitrogens with two attached hydrogens (primary N) is 1. The molecule has 3 rings (SSSR count). The number of nitrogens with zero attached hydrogens (tertiary/aromatic N) is 1. The molecular formula is C18H22N2O3. The summed E-state index contributed by atoms with van der Waals surface area (Å²) in [5, 5.41) is 2.34. The first kappa shape index (κ1) is 15.8. The first-order valence-corrected chi connectivity index (χ1v) is 7.74. The van der Waals surface area contributed by atoms with Crippen molar-refractivity contribution in [1.82, 2.24) is 4.90 Å². The number of hydrogen-bond acceptors (Lipinski definition) is 4. The number of amides is 1. The fourth-order valence-electron chi connectivity index (χ4n) is 3.13. The minimum Gasteiger partial charge on any atom is -0.496 e. The van der Waals surface area contributed by atoms with Crippen molar-refractivity contribution in [2.45, 2.75) is 19.1 Å². The Hall–Kier alpha value is -2.11. The number of fused-ring (bicyclic) bond motifs is 1. The van der Waals surface area contributed by atoms with Gasteiger partial charge in [-0.3, -0.25) is 9.69 Å². The van der Waals surface area contributed by atoms with Crippen LogP contribution in [0.4, 0.5) is 0 Å². The number of benzene rings is 2. The van der Waals surface area contributed by atoms with Crippen LogP contribution in [0.1, 0.15) is 12.5 Å². The summed E-state index contributed by atoms with van der Waals surface area (Å²) in [5.74, 6) is 0.433. The number of hydrogen-bond donors (Lipinski definition) is 1. The van der Waals surface area contributed by atoms with Gasteiger partial charge in [0, 0.05) is 25.2 Å². The molecule has 1 aliphatic rings. The molecule has 5 heteroatoms. The van der Waals surface area contributed by atoms with Gasteiger partial charge in [-0.25, -0.2) is 0 Å². The number of primary amides is 1. The fraction of sp³-hybridized carbons (Fsp3) is 0.389. The van der Waals surface area contributed by atoms with Crippen molar-refractivity contribution < 1.29 is 14.3 Å². The summed E-state index contributed by atoms with van der Waals surface area (Å²) >= 11 is 0. The van der Waals surface area contributed by atoms with Crippen molar-refractivity contribution in [2.75, 3.05) is 26.8 Å². The van der Waals surface area contributed by atoms with Gasteiger partial charge in [-0.15, -0.1) is 0 Å². The predicted octanol–water partition coefficient (Wildman–Crippen LogP) is 1.92. The van der Waals surface area contributed by atoms with Gasteiger partial charge in [0.1, 0.15) is 5.75 Å². The summed E-state index contributed by atoms with van der Waals surface area (Å²) in [5.41, 5.74) is 5.68. The van der Waals surface area contributed by atoms with Gasteiger partial charge < -0.3 is 15.2 Å². The Morgan fingerprint density at radius 2 is 2.13 bits per heavy atom. The van der Waals surface area contributed by atoms with E-state index in [1.165, 1.54) is 10.8 Å². The maximum absolute atomic E-state index is 11.7. The molecule has 1 atom stereocenters. The highest BCUT2D eigenvalue weighted by Gasteiger charge is 2.37. The maximum Gasteiger partial charge on any atom is 0.250 e. The normalized spacial score (nSPS) is 22.2. The second kappa shape index (κ2) is 6.18. The molecule has 0 bridgehead atoms. The van der Waals surface area contributed by atoms with E-state index in [-0.39, 0.29) is 0 Å². The third-order valence-corrected chi connectivity index (χ3v) is 4.47. The highest BCUT2D eigenvalue weighted by atomic mass is 16.5. The predicted molar refractivity (Wildman–Crippen MR) is 89.3 cm³/mol. The molecule has 1 aliphatic heterocycles. The molecule has 2 N–H and O–H groups in total. The third-order valence-electron chi connectivity index (χ3n) is 4.47. The van der Waals surface area contributed by atoms with E-state index in [4.69, 9.17) is 15.2 Å². The number of carbonyl (C=O) groups excluding carboxylic acids is 1. The standard InChI is InChI=1S/C18H22N2O3/c1-18(17(19)21)12-20(9-10-23-18)11-15-14-6-4-3-5-13(14)7-8-16(15)22-2/h3-8H,9-12H2,1-2H3,(H2,19,21). The van der Waals surface area contributed by atoms with Gasteiger partial charge in [-0.1, -0.05) is 30.3 Å². The topological polar surface area (TPSA) is 64.8 Å². The highest BCUT2D eigenvalue weighted by molar-refractivity contribution is 5.87. The van der Waals surface area contributed by atoms with Crippen molar-refractivity contribution in [2.24, 2.45) is 5.73 Å². The summed E-state index contributed by atoms with van der Waals surface area (Å²) in [4.78, 5) is 13.8. The van der Waals surface area contributed by atoms with Gasteiger partial charge in [0.2, 0.25) is 0 Å². The van der Waals surface area contributed by atoms with Crippen LogP contribution in [-0.2, 0) is 16.1 Å². The first-order valence-electron chi connectivity index (χ1n) is 7.74. The van der Waals surface area contributed by atoms with E-state index in [1.807, 2.05) is 18.2 Å². The SMILES string of the molecule is COc1ccc2ccccc2c1CN1CCOC(C)(C(N)=O)C1. The lowest BCUT2D eigenvalue weighted by Crippen LogP contribution is -2.56. The second-order valence-corrected chi connectivity index (χ2v) is 6.12. The fourth-order valence-corrected chi connectivity index (χ4v) is 3.13. The van der Waals surface area contributed by atoms with Gasteiger partial charge >= 0.3 is 0 Å². The van der Waals surface area contributed by atoms with E-state index < -0.39 is 11.5 Å². The zero-order valence-corrected chi connectivity index (χ0v) is 13.5. The maximum atomic E-state index is 11.7. The Morgan fingerprint density at radius 1 is 1.35 bits per heavy atom. The van der Waals surface area contributed by atoms with Crippen LogP contribution in [-0.4, -0.2) is 43.2 Å². The van der Waals surface area contributed by atoms with E-state index >= 15 is 0 Å². The Kier molecular flexibility index (Phi) is 4.24. The summed E-state index contributed by atoms with van der Waals surface area (Å²) in [6.45, 7) is 4.18. The van der Waals surface area contributed by atoms with Crippen molar-refractivity contribution >= 4 is 16.7 Å². The van der Waals surface area contributed by atoms with Gasteiger partial charge in [-0.2, -0.15) is 0 Å². The van der Waals surface area contributed by atoms with Crippen LogP contribution >= 0.6 is 0 Å². The summed E-state index contributed by atoms with van der Waals surface area (Å²) in [7, 11) is 1.68. The average molecular weight is 314 g/mol. The van der Waals surface area contributed by atoms with Crippen molar-refractivity contribution in [3.8, 4) is 5.75 Å². The van der Waals surface area contributed by atoms with E-state index in [1.54, 1.807) is 14.0 Å². The van der Waals surface area contributed by atoms with Gasteiger partial charge in [0.25, 0.3) is 5.91 Å². The molecule has 0 spiro atoms.